The first-order chi connectivity index (χ1) is 11.7. The molecule has 126 valence electrons. The first-order valence-electron chi connectivity index (χ1n) is 7.85. The van der Waals surface area contributed by atoms with E-state index in [4.69, 9.17) is 5.73 Å². The van der Waals surface area contributed by atoms with Crippen molar-refractivity contribution in [1.82, 2.24) is 15.3 Å². The number of benzene rings is 1. The van der Waals surface area contributed by atoms with Crippen molar-refractivity contribution < 1.29 is 9.59 Å². The third-order valence-electron chi connectivity index (χ3n) is 3.40. The highest BCUT2D eigenvalue weighted by atomic mass is 16.2. The summed E-state index contributed by atoms with van der Waals surface area (Å²) in [4.78, 5) is 31.3. The number of unbranched alkanes of at least 4 members (excludes halogenated alkanes) is 2. The van der Waals surface area contributed by atoms with Crippen LogP contribution in [-0.4, -0.2) is 28.3 Å². The van der Waals surface area contributed by atoms with Crippen molar-refractivity contribution >= 4 is 23.2 Å². The Balaban J connectivity index is 1.57. The molecule has 0 radical (unpaired) electrons. The van der Waals surface area contributed by atoms with Gasteiger partial charge in [0.1, 0.15) is 5.69 Å². The maximum absolute atomic E-state index is 11.8. The second-order valence-electron chi connectivity index (χ2n) is 5.29. The highest BCUT2D eigenvalue weighted by Crippen LogP contribution is 2.17. The van der Waals surface area contributed by atoms with Crippen LogP contribution in [0, 0.1) is 0 Å². The average molecular weight is 327 g/mol. The number of amides is 2. The van der Waals surface area contributed by atoms with E-state index < -0.39 is 0 Å². The van der Waals surface area contributed by atoms with Crippen LogP contribution in [0.15, 0.2) is 42.9 Å². The summed E-state index contributed by atoms with van der Waals surface area (Å²) in [5.74, 6) is -0.295. The molecule has 2 rings (SSSR count). The molecule has 0 spiro atoms. The molecule has 2 amide bonds. The van der Waals surface area contributed by atoms with Crippen LogP contribution in [-0.2, 0) is 4.79 Å². The van der Waals surface area contributed by atoms with E-state index in [1.54, 1.807) is 12.1 Å². The topological polar surface area (TPSA) is 110 Å². The Labute approximate surface area is 140 Å². The molecule has 0 bridgehead atoms. The van der Waals surface area contributed by atoms with E-state index in [-0.39, 0.29) is 11.8 Å². The van der Waals surface area contributed by atoms with Gasteiger partial charge in [-0.05, 0) is 25.0 Å². The molecule has 1 aromatic heterocycles. The van der Waals surface area contributed by atoms with Crippen molar-refractivity contribution in [2.75, 3.05) is 17.6 Å². The summed E-state index contributed by atoms with van der Waals surface area (Å²) in [5.41, 5.74) is 7.27. The highest BCUT2D eigenvalue weighted by molar-refractivity contribution is 5.93. The predicted octanol–water partition coefficient (Wildman–Crippen LogP) is 1.99. The van der Waals surface area contributed by atoms with Gasteiger partial charge in [-0.15, -0.1) is 0 Å². The van der Waals surface area contributed by atoms with E-state index >= 15 is 0 Å². The van der Waals surface area contributed by atoms with Crippen molar-refractivity contribution in [3.63, 3.8) is 0 Å². The first-order valence-corrected chi connectivity index (χ1v) is 7.85. The zero-order valence-electron chi connectivity index (χ0n) is 13.4. The number of nitrogens with one attached hydrogen (secondary N) is 2. The van der Waals surface area contributed by atoms with Crippen molar-refractivity contribution in [3.05, 3.63) is 48.5 Å². The Morgan fingerprint density at radius 3 is 2.67 bits per heavy atom. The fraction of sp³-hybridized carbons (Fsp3) is 0.294. The Bertz CT molecular complexity index is 676. The van der Waals surface area contributed by atoms with Gasteiger partial charge in [0.15, 0.2) is 0 Å². The summed E-state index contributed by atoms with van der Waals surface area (Å²) in [6.45, 7) is 0.544. The largest absolute Gasteiger partial charge is 0.397 e. The molecule has 0 fully saturated rings. The summed E-state index contributed by atoms with van der Waals surface area (Å²) in [6, 6.07) is 7.16. The van der Waals surface area contributed by atoms with Crippen molar-refractivity contribution in [1.29, 1.82) is 0 Å². The third kappa shape index (κ3) is 5.68. The quantitative estimate of drug-likeness (QED) is 0.507. The Hall–Kier alpha value is -2.96. The van der Waals surface area contributed by atoms with E-state index in [0.29, 0.717) is 30.0 Å². The minimum absolute atomic E-state index is 0.0588. The van der Waals surface area contributed by atoms with Gasteiger partial charge >= 0.3 is 0 Å². The first kappa shape index (κ1) is 17.4. The molecule has 1 heterocycles. The van der Waals surface area contributed by atoms with E-state index in [2.05, 4.69) is 20.6 Å². The molecule has 0 aliphatic carbocycles. The summed E-state index contributed by atoms with van der Waals surface area (Å²) >= 11 is 0. The zero-order chi connectivity index (χ0) is 17.2. The molecule has 0 aliphatic heterocycles. The Kier molecular flexibility index (Phi) is 6.70. The van der Waals surface area contributed by atoms with Crippen LogP contribution in [0.5, 0.6) is 0 Å². The zero-order valence-corrected chi connectivity index (χ0v) is 13.4. The summed E-state index contributed by atoms with van der Waals surface area (Å²) < 4.78 is 0. The molecule has 0 aliphatic rings. The number of rotatable bonds is 8. The molecule has 7 heteroatoms. The number of carbonyl (C=O) groups is 2. The Morgan fingerprint density at radius 2 is 1.92 bits per heavy atom. The van der Waals surface area contributed by atoms with Gasteiger partial charge in [-0.3, -0.25) is 14.6 Å². The summed E-state index contributed by atoms with van der Waals surface area (Å²) in [7, 11) is 0. The number of nitrogens with zero attached hydrogens (tertiary/aromatic N) is 2. The van der Waals surface area contributed by atoms with Gasteiger partial charge in [0.05, 0.1) is 17.6 Å². The van der Waals surface area contributed by atoms with Crippen LogP contribution in [0.1, 0.15) is 36.2 Å². The van der Waals surface area contributed by atoms with E-state index in [1.165, 1.54) is 18.6 Å². The van der Waals surface area contributed by atoms with Gasteiger partial charge in [0.2, 0.25) is 5.91 Å². The van der Waals surface area contributed by atoms with Gasteiger partial charge in [0.25, 0.3) is 5.91 Å². The molecule has 1 aromatic carbocycles. The molecule has 2 aromatic rings. The van der Waals surface area contributed by atoms with Gasteiger partial charge in [-0.25, -0.2) is 4.98 Å². The molecule has 7 nitrogen and oxygen atoms in total. The summed E-state index contributed by atoms with van der Waals surface area (Å²) in [5, 5.41) is 5.57. The van der Waals surface area contributed by atoms with E-state index in [0.717, 1.165) is 19.3 Å². The molecule has 0 saturated carbocycles. The Morgan fingerprint density at radius 1 is 1.08 bits per heavy atom. The lowest BCUT2D eigenvalue weighted by Crippen LogP contribution is -2.25. The van der Waals surface area contributed by atoms with Gasteiger partial charge in [-0.1, -0.05) is 18.6 Å². The van der Waals surface area contributed by atoms with E-state index in [9.17, 15) is 9.59 Å². The molecular weight excluding hydrogens is 306 g/mol. The van der Waals surface area contributed by atoms with Crippen LogP contribution in [0.25, 0.3) is 0 Å². The minimum atomic E-state index is -0.236. The number of aromatic nitrogens is 2. The van der Waals surface area contributed by atoms with Gasteiger partial charge < -0.3 is 16.4 Å². The number of hydrogen-bond donors (Lipinski definition) is 3. The molecule has 0 atom stereocenters. The summed E-state index contributed by atoms with van der Waals surface area (Å²) in [6.07, 6.45) is 7.24. The third-order valence-corrected chi connectivity index (χ3v) is 3.40. The van der Waals surface area contributed by atoms with E-state index in [1.807, 2.05) is 12.1 Å². The van der Waals surface area contributed by atoms with Gasteiger partial charge in [-0.2, -0.15) is 0 Å². The lowest BCUT2D eigenvalue weighted by atomic mass is 10.2. The number of hydrogen-bond acceptors (Lipinski definition) is 5. The second-order valence-corrected chi connectivity index (χ2v) is 5.29. The SMILES string of the molecule is Nc1ccccc1NC(=O)CCCCCNC(=O)c1cnccn1. The maximum Gasteiger partial charge on any atom is 0.271 e. The molecule has 0 saturated heterocycles. The van der Waals surface area contributed by atoms with Crippen molar-refractivity contribution in [2.24, 2.45) is 0 Å². The number of nitrogens with two attached hydrogens (primary N) is 1. The van der Waals surface area contributed by atoms with Gasteiger partial charge in [0, 0.05) is 25.4 Å². The normalized spacial score (nSPS) is 10.2. The van der Waals surface area contributed by atoms with Crippen LogP contribution >= 0.6 is 0 Å². The standard InChI is InChI=1S/C17H21N5O2/c18-13-6-3-4-7-14(13)22-16(23)8-2-1-5-9-21-17(24)15-12-19-10-11-20-15/h3-4,6-7,10-12H,1-2,5,8-9,18H2,(H,21,24)(H,22,23). The van der Waals surface area contributed by atoms with Crippen LogP contribution in [0.3, 0.4) is 0 Å². The molecule has 24 heavy (non-hydrogen) atoms. The predicted molar refractivity (Wildman–Crippen MR) is 92.3 cm³/mol. The number of para-hydroxylation sites is 2. The number of carbonyl (C=O) groups excluding carboxylic acids is 2. The fourth-order valence-corrected chi connectivity index (χ4v) is 2.12. The monoisotopic (exact) mass is 327 g/mol. The molecule has 0 unspecified atom stereocenters. The van der Waals surface area contributed by atoms with Crippen molar-refractivity contribution in [3.8, 4) is 0 Å². The number of nitrogen functional groups attached to an aromatic ring is 1. The van der Waals surface area contributed by atoms with Crippen molar-refractivity contribution in [2.45, 2.75) is 25.7 Å². The molecule has 4 N–H and O–H groups in total. The lowest BCUT2D eigenvalue weighted by Gasteiger charge is -2.08. The highest BCUT2D eigenvalue weighted by Gasteiger charge is 2.06. The fourth-order valence-electron chi connectivity index (χ4n) is 2.12. The smallest absolute Gasteiger partial charge is 0.271 e. The minimum Gasteiger partial charge on any atom is -0.397 e. The van der Waals surface area contributed by atoms with Crippen LogP contribution in [0.4, 0.5) is 11.4 Å². The maximum atomic E-state index is 11.8. The van der Waals surface area contributed by atoms with Crippen LogP contribution < -0.4 is 16.4 Å². The molecular formula is C17H21N5O2. The second kappa shape index (κ2) is 9.24. The average Bonchev–Trinajstić information content (AvgIpc) is 2.60. The van der Waals surface area contributed by atoms with Crippen LogP contribution in [0.2, 0.25) is 0 Å². The number of anilines is 2. The lowest BCUT2D eigenvalue weighted by molar-refractivity contribution is -0.116.